The number of nitrogens with zero attached hydrogens (tertiary/aromatic N) is 4. The van der Waals surface area contributed by atoms with Crippen LogP contribution in [0.5, 0.6) is 5.75 Å². The van der Waals surface area contributed by atoms with Crippen molar-refractivity contribution in [3.63, 3.8) is 0 Å². The van der Waals surface area contributed by atoms with Crippen LogP contribution in [0, 0.1) is 6.92 Å². The van der Waals surface area contributed by atoms with Gasteiger partial charge in [-0.3, -0.25) is 4.79 Å². The van der Waals surface area contributed by atoms with Crippen molar-refractivity contribution in [3.05, 3.63) is 59.0 Å². The minimum Gasteiger partial charge on any atom is -0.497 e. The second-order valence-electron chi connectivity index (χ2n) is 7.44. The predicted octanol–water partition coefficient (Wildman–Crippen LogP) is 4.08. The molecule has 1 saturated heterocycles. The smallest absolute Gasteiger partial charge is 0.433 e. The summed E-state index contributed by atoms with van der Waals surface area (Å²) < 4.78 is 46.7. The van der Waals surface area contributed by atoms with Gasteiger partial charge in [0.25, 0.3) is 5.91 Å². The number of carbonyl (C=O) groups is 1. The molecule has 4 rings (SSSR count). The molecule has 0 spiro atoms. The predicted molar refractivity (Wildman–Crippen MR) is 104 cm³/mol. The highest BCUT2D eigenvalue weighted by Crippen LogP contribution is 2.34. The highest BCUT2D eigenvalue weighted by Gasteiger charge is 2.36. The molecule has 1 aromatic carbocycles. The van der Waals surface area contributed by atoms with Gasteiger partial charge in [-0.2, -0.15) is 18.3 Å². The Morgan fingerprint density at radius 2 is 1.93 bits per heavy atom. The highest BCUT2D eigenvalue weighted by atomic mass is 19.4. The summed E-state index contributed by atoms with van der Waals surface area (Å²) in [7, 11) is 1.55. The van der Waals surface area contributed by atoms with Crippen molar-refractivity contribution < 1.29 is 22.7 Å². The summed E-state index contributed by atoms with van der Waals surface area (Å²) in [5.74, 6) is 0.221. The van der Waals surface area contributed by atoms with E-state index in [2.05, 4.69) is 10.1 Å². The number of likely N-dealkylation sites (tertiary alicyclic amines) is 1. The lowest BCUT2D eigenvalue weighted by atomic mass is 9.93. The van der Waals surface area contributed by atoms with Crippen molar-refractivity contribution in [1.82, 2.24) is 19.5 Å². The van der Waals surface area contributed by atoms with Crippen LogP contribution in [0.1, 0.15) is 46.2 Å². The van der Waals surface area contributed by atoms with E-state index >= 15 is 0 Å². The van der Waals surface area contributed by atoms with Gasteiger partial charge in [0.1, 0.15) is 11.4 Å². The van der Waals surface area contributed by atoms with Gasteiger partial charge in [0.2, 0.25) is 0 Å². The molecule has 2 aromatic heterocycles. The average molecular weight is 418 g/mol. The van der Waals surface area contributed by atoms with Gasteiger partial charge in [-0.1, -0.05) is 0 Å². The number of ether oxygens (including phenoxy) is 1. The molecule has 0 aliphatic carbocycles. The van der Waals surface area contributed by atoms with Crippen LogP contribution in [0.3, 0.4) is 0 Å². The van der Waals surface area contributed by atoms with Crippen molar-refractivity contribution in [2.45, 2.75) is 31.9 Å². The maximum atomic E-state index is 13.6. The zero-order chi connectivity index (χ0) is 21.5. The van der Waals surface area contributed by atoms with E-state index in [-0.39, 0.29) is 17.5 Å². The minimum atomic E-state index is -4.55. The van der Waals surface area contributed by atoms with Crippen LogP contribution in [0.25, 0.3) is 5.65 Å². The Labute approximate surface area is 171 Å². The molecular formula is C21H21F3N4O2. The number of aryl methyl sites for hydroxylation is 1. The zero-order valence-corrected chi connectivity index (χ0v) is 16.6. The Morgan fingerprint density at radius 3 is 2.60 bits per heavy atom. The largest absolute Gasteiger partial charge is 0.497 e. The Kier molecular flexibility index (Phi) is 5.13. The number of methoxy groups -OCH3 is 1. The molecule has 1 aliphatic heterocycles. The summed E-state index contributed by atoms with van der Waals surface area (Å²) in [6.07, 6.45) is -3.19. The Morgan fingerprint density at radius 1 is 1.20 bits per heavy atom. The molecule has 0 N–H and O–H groups in total. The Balaban J connectivity index is 1.62. The summed E-state index contributed by atoms with van der Waals surface area (Å²) in [4.78, 5) is 19.0. The number of carbonyl (C=O) groups excluding carboxylic acids is 1. The van der Waals surface area contributed by atoms with Crippen molar-refractivity contribution in [3.8, 4) is 5.75 Å². The second kappa shape index (κ2) is 7.62. The highest BCUT2D eigenvalue weighted by molar-refractivity contribution is 5.94. The summed E-state index contributed by atoms with van der Waals surface area (Å²) >= 11 is 0. The molecule has 3 aromatic rings. The number of hydrogen-bond acceptors (Lipinski definition) is 4. The van der Waals surface area contributed by atoms with Gasteiger partial charge >= 0.3 is 6.18 Å². The first-order valence-electron chi connectivity index (χ1n) is 9.64. The maximum Gasteiger partial charge on any atom is 0.433 e. The minimum absolute atomic E-state index is 0.153. The summed E-state index contributed by atoms with van der Waals surface area (Å²) in [5.41, 5.74) is 0.624. The standard InChI is InChI=1S/C21H21F3N4O2/c1-13-10-19-25-17(11-18(21(22,23)24)28(19)26-13)15-4-3-9-27(12-15)20(29)14-5-7-16(30-2)8-6-14/h5-8,10-11,15H,3-4,9,12H2,1-2H3/t15-/m0/s1. The van der Waals surface area contributed by atoms with Crippen LogP contribution < -0.4 is 4.74 Å². The fourth-order valence-corrected chi connectivity index (χ4v) is 3.84. The first kappa shape index (κ1) is 20.2. The average Bonchev–Trinajstić information content (AvgIpc) is 3.11. The van der Waals surface area contributed by atoms with Crippen LogP contribution in [-0.4, -0.2) is 45.6 Å². The van der Waals surface area contributed by atoms with Gasteiger partial charge in [0.05, 0.1) is 12.8 Å². The number of hydrogen-bond donors (Lipinski definition) is 0. The molecule has 1 fully saturated rings. The summed E-state index contributed by atoms with van der Waals surface area (Å²) in [6, 6.07) is 9.38. The van der Waals surface area contributed by atoms with E-state index < -0.39 is 11.9 Å². The number of piperidine rings is 1. The number of alkyl halides is 3. The number of rotatable bonds is 3. The second-order valence-corrected chi connectivity index (χ2v) is 7.44. The lowest BCUT2D eigenvalue weighted by molar-refractivity contribution is -0.142. The molecule has 9 heteroatoms. The number of amides is 1. The van der Waals surface area contributed by atoms with Crippen LogP contribution in [0.15, 0.2) is 36.4 Å². The van der Waals surface area contributed by atoms with Crippen molar-refractivity contribution in [2.24, 2.45) is 0 Å². The molecule has 6 nitrogen and oxygen atoms in total. The third-order valence-corrected chi connectivity index (χ3v) is 5.32. The van der Waals surface area contributed by atoms with E-state index in [0.717, 1.165) is 10.6 Å². The third kappa shape index (κ3) is 3.83. The molecule has 0 saturated carbocycles. The summed E-state index contributed by atoms with van der Waals surface area (Å²) in [6.45, 7) is 2.50. The van der Waals surface area contributed by atoms with E-state index in [1.54, 1.807) is 43.2 Å². The monoisotopic (exact) mass is 418 g/mol. The quantitative estimate of drug-likeness (QED) is 0.643. The van der Waals surface area contributed by atoms with Crippen LogP contribution >= 0.6 is 0 Å². The lowest BCUT2D eigenvalue weighted by Crippen LogP contribution is -2.39. The molecule has 1 amide bonds. The maximum absolute atomic E-state index is 13.6. The van der Waals surface area contributed by atoms with Gasteiger partial charge in [-0.15, -0.1) is 0 Å². The van der Waals surface area contributed by atoms with Crippen LogP contribution in [0.4, 0.5) is 13.2 Å². The Bertz CT molecular complexity index is 1080. The lowest BCUT2D eigenvalue weighted by Gasteiger charge is -2.33. The SMILES string of the molecule is COc1ccc(C(=O)N2CCC[C@H](c3cc(C(F)(F)F)n4nc(C)cc4n3)C2)cc1. The molecule has 1 atom stereocenters. The van der Waals surface area contributed by atoms with Gasteiger partial charge in [0, 0.05) is 36.3 Å². The van der Waals surface area contributed by atoms with E-state index in [4.69, 9.17) is 4.74 Å². The number of benzene rings is 1. The number of aromatic nitrogens is 3. The molecule has 30 heavy (non-hydrogen) atoms. The van der Waals surface area contributed by atoms with Gasteiger partial charge in [-0.25, -0.2) is 9.50 Å². The molecule has 0 bridgehead atoms. The topological polar surface area (TPSA) is 59.7 Å². The fraction of sp³-hybridized carbons (Fsp3) is 0.381. The Hall–Kier alpha value is -3.10. The van der Waals surface area contributed by atoms with E-state index in [9.17, 15) is 18.0 Å². The molecular weight excluding hydrogens is 397 g/mol. The number of halogens is 3. The molecule has 158 valence electrons. The normalized spacial score (nSPS) is 17.4. The van der Waals surface area contributed by atoms with Crippen molar-refractivity contribution in [1.29, 1.82) is 0 Å². The van der Waals surface area contributed by atoms with Crippen molar-refractivity contribution in [2.75, 3.05) is 20.2 Å². The van der Waals surface area contributed by atoms with Gasteiger partial charge < -0.3 is 9.64 Å². The molecule has 0 unspecified atom stereocenters. The van der Waals surface area contributed by atoms with Gasteiger partial charge in [-0.05, 0) is 50.1 Å². The summed E-state index contributed by atoms with van der Waals surface area (Å²) in [5, 5.41) is 3.92. The van der Waals surface area contributed by atoms with E-state index in [1.807, 2.05) is 0 Å². The van der Waals surface area contributed by atoms with E-state index in [1.165, 1.54) is 6.07 Å². The first-order chi connectivity index (χ1) is 14.3. The van der Waals surface area contributed by atoms with Crippen molar-refractivity contribution >= 4 is 11.6 Å². The molecule has 3 heterocycles. The van der Waals surface area contributed by atoms with Crippen LogP contribution in [-0.2, 0) is 6.18 Å². The number of fused-ring (bicyclic) bond motifs is 1. The van der Waals surface area contributed by atoms with Gasteiger partial charge in [0.15, 0.2) is 5.65 Å². The molecule has 1 aliphatic rings. The third-order valence-electron chi connectivity index (χ3n) is 5.32. The zero-order valence-electron chi connectivity index (χ0n) is 16.6. The van der Waals surface area contributed by atoms with Crippen LogP contribution in [0.2, 0.25) is 0 Å². The van der Waals surface area contributed by atoms with E-state index in [0.29, 0.717) is 48.6 Å². The first-order valence-corrected chi connectivity index (χ1v) is 9.64. The fourth-order valence-electron chi connectivity index (χ4n) is 3.84. The molecule has 0 radical (unpaired) electrons.